The molecule has 0 amide bonds. The molecule has 2 aromatic carbocycles. The molecular weight excluding hydrogens is 344 g/mol. The number of rotatable bonds is 4. The molecule has 0 aliphatic heterocycles. The summed E-state index contributed by atoms with van der Waals surface area (Å²) in [5.41, 5.74) is 13.0. The Bertz CT molecular complexity index is 933. The fourth-order valence-electron chi connectivity index (χ4n) is 2.71. The normalized spacial score (nSPS) is 18.5. The van der Waals surface area contributed by atoms with Crippen LogP contribution in [0.2, 0.25) is 0 Å². The zero-order chi connectivity index (χ0) is 19.4. The van der Waals surface area contributed by atoms with Crippen LogP contribution >= 0.6 is 0 Å². The third kappa shape index (κ3) is 4.36. The number of anilines is 1. The lowest BCUT2D eigenvalue weighted by Crippen LogP contribution is -2.29. The summed E-state index contributed by atoms with van der Waals surface area (Å²) in [6.07, 6.45) is 5.27. The van der Waals surface area contributed by atoms with Gasteiger partial charge < -0.3 is 20.9 Å². The van der Waals surface area contributed by atoms with E-state index < -0.39 is 17.9 Å². The standard InChI is InChI=1S/C21H20N2O4/c1-13-18(9-4-10-19(13)23)21(25)27-17-8-3-7-16(12-17)26-20(24)14-5-2-6-15(22)11-14/h2-13,18H,22-23H2,1H3. The van der Waals surface area contributed by atoms with Crippen molar-refractivity contribution in [1.82, 2.24) is 0 Å². The molecule has 2 atom stereocenters. The molecule has 0 saturated heterocycles. The molecule has 0 spiro atoms. The Morgan fingerprint density at radius 3 is 2.41 bits per heavy atom. The van der Waals surface area contributed by atoms with Gasteiger partial charge in [0.15, 0.2) is 0 Å². The predicted molar refractivity (Wildman–Crippen MR) is 102 cm³/mol. The number of benzene rings is 2. The van der Waals surface area contributed by atoms with Gasteiger partial charge in [0.2, 0.25) is 0 Å². The van der Waals surface area contributed by atoms with Gasteiger partial charge in [-0.1, -0.05) is 31.2 Å². The maximum atomic E-state index is 12.4. The lowest BCUT2D eigenvalue weighted by molar-refractivity contribution is -0.138. The second-order valence-corrected chi connectivity index (χ2v) is 6.28. The molecule has 2 aromatic rings. The Balaban J connectivity index is 1.69. The highest BCUT2D eigenvalue weighted by Gasteiger charge is 2.28. The van der Waals surface area contributed by atoms with Crippen molar-refractivity contribution in [3.8, 4) is 11.5 Å². The van der Waals surface area contributed by atoms with Gasteiger partial charge in [0.25, 0.3) is 0 Å². The number of nitrogen functional groups attached to an aromatic ring is 1. The monoisotopic (exact) mass is 364 g/mol. The van der Waals surface area contributed by atoms with Crippen molar-refractivity contribution in [2.75, 3.05) is 5.73 Å². The van der Waals surface area contributed by atoms with Crippen molar-refractivity contribution in [1.29, 1.82) is 0 Å². The number of allylic oxidation sites excluding steroid dienone is 3. The molecule has 1 aliphatic rings. The number of ether oxygens (including phenoxy) is 2. The summed E-state index contributed by atoms with van der Waals surface area (Å²) in [5.74, 6) is -1.03. The van der Waals surface area contributed by atoms with Crippen molar-refractivity contribution >= 4 is 17.6 Å². The minimum atomic E-state index is -0.549. The Labute approximate surface area is 157 Å². The molecule has 6 heteroatoms. The van der Waals surface area contributed by atoms with Crippen LogP contribution in [0, 0.1) is 11.8 Å². The molecule has 138 valence electrons. The van der Waals surface area contributed by atoms with Gasteiger partial charge in [0.1, 0.15) is 11.5 Å². The zero-order valence-corrected chi connectivity index (χ0v) is 14.8. The van der Waals surface area contributed by atoms with E-state index >= 15 is 0 Å². The average Bonchev–Trinajstić information content (AvgIpc) is 2.64. The number of nitrogens with two attached hydrogens (primary N) is 2. The summed E-state index contributed by atoms with van der Waals surface area (Å²) in [5, 5.41) is 0. The van der Waals surface area contributed by atoms with Crippen LogP contribution in [0.25, 0.3) is 0 Å². The van der Waals surface area contributed by atoms with Crippen molar-refractivity contribution in [3.63, 3.8) is 0 Å². The van der Waals surface area contributed by atoms with E-state index in [2.05, 4.69) is 0 Å². The molecule has 4 N–H and O–H groups in total. The topological polar surface area (TPSA) is 105 Å². The van der Waals surface area contributed by atoms with Gasteiger partial charge in [-0.3, -0.25) is 4.79 Å². The third-order valence-corrected chi connectivity index (χ3v) is 4.30. The minimum Gasteiger partial charge on any atom is -0.426 e. The van der Waals surface area contributed by atoms with E-state index in [0.29, 0.717) is 16.9 Å². The first-order valence-electron chi connectivity index (χ1n) is 8.47. The quantitative estimate of drug-likeness (QED) is 0.491. The highest BCUT2D eigenvalue weighted by Crippen LogP contribution is 2.26. The number of carbonyl (C=O) groups excluding carboxylic acids is 2. The fourth-order valence-corrected chi connectivity index (χ4v) is 2.71. The lowest BCUT2D eigenvalue weighted by Gasteiger charge is -2.22. The average molecular weight is 364 g/mol. The van der Waals surface area contributed by atoms with E-state index in [1.165, 1.54) is 12.1 Å². The van der Waals surface area contributed by atoms with Gasteiger partial charge in [0, 0.05) is 23.4 Å². The van der Waals surface area contributed by atoms with Gasteiger partial charge in [-0.15, -0.1) is 0 Å². The second kappa shape index (κ2) is 7.78. The van der Waals surface area contributed by atoms with E-state index in [9.17, 15) is 9.59 Å². The number of hydrogen-bond acceptors (Lipinski definition) is 6. The molecule has 0 bridgehead atoms. The van der Waals surface area contributed by atoms with Crippen molar-refractivity contribution in [2.24, 2.45) is 17.6 Å². The van der Waals surface area contributed by atoms with Gasteiger partial charge in [-0.05, 0) is 36.4 Å². The Kier molecular flexibility index (Phi) is 5.26. The van der Waals surface area contributed by atoms with Crippen LogP contribution in [0.3, 0.4) is 0 Å². The van der Waals surface area contributed by atoms with Crippen LogP contribution in [-0.4, -0.2) is 11.9 Å². The summed E-state index contributed by atoms with van der Waals surface area (Å²) in [6, 6.07) is 12.8. The molecule has 1 aliphatic carbocycles. The first-order valence-corrected chi connectivity index (χ1v) is 8.47. The van der Waals surface area contributed by atoms with Crippen LogP contribution in [0.1, 0.15) is 17.3 Å². The summed E-state index contributed by atoms with van der Waals surface area (Å²) in [4.78, 5) is 24.6. The molecule has 27 heavy (non-hydrogen) atoms. The molecular formula is C21H20N2O4. The van der Waals surface area contributed by atoms with E-state index in [-0.39, 0.29) is 17.4 Å². The highest BCUT2D eigenvalue weighted by molar-refractivity contribution is 5.92. The van der Waals surface area contributed by atoms with E-state index in [1.54, 1.807) is 54.6 Å². The molecule has 0 fully saturated rings. The maximum absolute atomic E-state index is 12.4. The molecule has 6 nitrogen and oxygen atoms in total. The fraction of sp³-hybridized carbons (Fsp3) is 0.143. The molecule has 0 heterocycles. The number of esters is 2. The van der Waals surface area contributed by atoms with Gasteiger partial charge in [0.05, 0.1) is 11.5 Å². The molecule has 0 saturated carbocycles. The highest BCUT2D eigenvalue weighted by atomic mass is 16.5. The molecule has 2 unspecified atom stereocenters. The van der Waals surface area contributed by atoms with Crippen LogP contribution in [-0.2, 0) is 4.79 Å². The van der Waals surface area contributed by atoms with E-state index in [0.717, 1.165) is 0 Å². The molecule has 0 aromatic heterocycles. The van der Waals surface area contributed by atoms with Crippen molar-refractivity contribution < 1.29 is 19.1 Å². The summed E-state index contributed by atoms with van der Waals surface area (Å²) in [7, 11) is 0. The van der Waals surface area contributed by atoms with Gasteiger partial charge in [-0.2, -0.15) is 0 Å². The summed E-state index contributed by atoms with van der Waals surface area (Å²) >= 11 is 0. The smallest absolute Gasteiger partial charge is 0.343 e. The van der Waals surface area contributed by atoms with Crippen LogP contribution in [0.4, 0.5) is 5.69 Å². The van der Waals surface area contributed by atoms with Crippen molar-refractivity contribution in [2.45, 2.75) is 6.92 Å². The second-order valence-electron chi connectivity index (χ2n) is 6.28. The number of hydrogen-bond donors (Lipinski definition) is 2. The van der Waals surface area contributed by atoms with Crippen LogP contribution < -0.4 is 20.9 Å². The summed E-state index contributed by atoms with van der Waals surface area (Å²) < 4.78 is 10.8. The van der Waals surface area contributed by atoms with E-state index in [1.807, 2.05) is 6.92 Å². The minimum absolute atomic E-state index is 0.146. The Hall–Kier alpha value is -3.54. The Morgan fingerprint density at radius 2 is 1.67 bits per heavy atom. The van der Waals surface area contributed by atoms with Crippen molar-refractivity contribution in [3.05, 3.63) is 78.0 Å². The van der Waals surface area contributed by atoms with Crippen LogP contribution in [0.5, 0.6) is 11.5 Å². The van der Waals surface area contributed by atoms with Gasteiger partial charge in [-0.25, -0.2) is 4.79 Å². The predicted octanol–water partition coefficient (Wildman–Crippen LogP) is 3.06. The maximum Gasteiger partial charge on any atom is 0.343 e. The first kappa shape index (κ1) is 18.3. The summed E-state index contributed by atoms with van der Waals surface area (Å²) in [6.45, 7) is 1.87. The Morgan fingerprint density at radius 1 is 0.963 bits per heavy atom. The number of carbonyl (C=O) groups is 2. The van der Waals surface area contributed by atoms with Crippen LogP contribution in [0.15, 0.2) is 72.5 Å². The lowest BCUT2D eigenvalue weighted by atomic mass is 9.87. The SMILES string of the molecule is CC1C(N)=CC=CC1C(=O)Oc1cccc(OC(=O)c2cccc(N)c2)c1. The largest absolute Gasteiger partial charge is 0.426 e. The zero-order valence-electron chi connectivity index (χ0n) is 14.8. The van der Waals surface area contributed by atoms with Gasteiger partial charge >= 0.3 is 11.9 Å². The molecule has 0 radical (unpaired) electrons. The third-order valence-electron chi connectivity index (χ3n) is 4.30. The van der Waals surface area contributed by atoms with E-state index in [4.69, 9.17) is 20.9 Å². The first-order chi connectivity index (χ1) is 12.9. The molecule has 3 rings (SSSR count).